The SMILES string of the molecule is Cc1ncc(COc2ccc3c(c2)CCO3)o1. The molecule has 0 saturated carbocycles. The number of oxazole rings is 1. The number of ether oxygens (including phenoxy) is 2. The molecule has 0 spiro atoms. The van der Waals surface area contributed by atoms with Gasteiger partial charge in [-0.05, 0) is 18.2 Å². The van der Waals surface area contributed by atoms with Crippen LogP contribution in [0.5, 0.6) is 11.5 Å². The molecule has 0 bridgehead atoms. The molecule has 3 rings (SSSR count). The van der Waals surface area contributed by atoms with Crippen molar-refractivity contribution in [2.45, 2.75) is 20.0 Å². The van der Waals surface area contributed by atoms with E-state index in [0.717, 1.165) is 30.3 Å². The molecule has 0 atom stereocenters. The van der Waals surface area contributed by atoms with Crippen molar-refractivity contribution in [2.75, 3.05) is 6.61 Å². The Morgan fingerprint density at radius 3 is 3.18 bits per heavy atom. The van der Waals surface area contributed by atoms with Crippen molar-refractivity contribution in [1.29, 1.82) is 0 Å². The second-order valence-electron chi connectivity index (χ2n) is 4.00. The number of fused-ring (bicyclic) bond motifs is 1. The molecule has 0 amide bonds. The molecule has 0 radical (unpaired) electrons. The summed E-state index contributed by atoms with van der Waals surface area (Å²) in [7, 11) is 0. The Morgan fingerprint density at radius 2 is 2.35 bits per heavy atom. The predicted molar refractivity (Wildman–Crippen MR) is 61.2 cm³/mol. The molecule has 0 unspecified atom stereocenters. The summed E-state index contributed by atoms with van der Waals surface area (Å²) in [6, 6.07) is 5.88. The number of aryl methyl sites for hydroxylation is 1. The summed E-state index contributed by atoms with van der Waals surface area (Å²) in [5.74, 6) is 3.20. The van der Waals surface area contributed by atoms with Crippen LogP contribution in [0, 0.1) is 6.92 Å². The van der Waals surface area contributed by atoms with Gasteiger partial charge in [0.25, 0.3) is 0 Å². The van der Waals surface area contributed by atoms with Crippen LogP contribution < -0.4 is 9.47 Å². The van der Waals surface area contributed by atoms with Gasteiger partial charge in [0.15, 0.2) is 11.7 Å². The van der Waals surface area contributed by atoms with Crippen molar-refractivity contribution in [3.05, 3.63) is 41.6 Å². The smallest absolute Gasteiger partial charge is 0.191 e. The van der Waals surface area contributed by atoms with Crippen molar-refractivity contribution < 1.29 is 13.9 Å². The van der Waals surface area contributed by atoms with E-state index in [1.54, 1.807) is 6.20 Å². The Kier molecular flexibility index (Phi) is 2.48. The first-order valence-electron chi connectivity index (χ1n) is 5.61. The van der Waals surface area contributed by atoms with Crippen molar-refractivity contribution in [3.63, 3.8) is 0 Å². The number of rotatable bonds is 3. The molecule has 1 aliphatic rings. The number of nitrogens with zero attached hydrogens (tertiary/aromatic N) is 1. The topological polar surface area (TPSA) is 44.5 Å². The van der Waals surface area contributed by atoms with Gasteiger partial charge in [0, 0.05) is 18.9 Å². The van der Waals surface area contributed by atoms with Crippen LogP contribution in [0.4, 0.5) is 0 Å². The molecule has 4 heteroatoms. The van der Waals surface area contributed by atoms with Crippen LogP contribution in [0.1, 0.15) is 17.2 Å². The highest BCUT2D eigenvalue weighted by atomic mass is 16.5. The Hall–Kier alpha value is -1.97. The van der Waals surface area contributed by atoms with E-state index in [9.17, 15) is 0 Å². The Labute approximate surface area is 99.2 Å². The normalized spacial score (nSPS) is 13.2. The molecule has 1 aromatic carbocycles. The third-order valence-electron chi connectivity index (χ3n) is 2.71. The minimum atomic E-state index is 0.403. The average molecular weight is 231 g/mol. The fraction of sp³-hybridized carbons (Fsp3) is 0.308. The second kappa shape index (κ2) is 4.13. The number of aromatic nitrogens is 1. The lowest BCUT2D eigenvalue weighted by Crippen LogP contribution is -1.94. The minimum absolute atomic E-state index is 0.403. The lowest BCUT2D eigenvalue weighted by Gasteiger charge is -2.05. The fourth-order valence-electron chi connectivity index (χ4n) is 1.88. The van der Waals surface area contributed by atoms with E-state index in [1.807, 2.05) is 25.1 Å². The Morgan fingerprint density at radius 1 is 1.41 bits per heavy atom. The number of hydrogen-bond donors (Lipinski definition) is 0. The van der Waals surface area contributed by atoms with E-state index < -0.39 is 0 Å². The monoisotopic (exact) mass is 231 g/mol. The van der Waals surface area contributed by atoms with Crippen LogP contribution in [-0.4, -0.2) is 11.6 Å². The minimum Gasteiger partial charge on any atom is -0.493 e. The van der Waals surface area contributed by atoms with Gasteiger partial charge < -0.3 is 13.9 Å². The first-order valence-corrected chi connectivity index (χ1v) is 5.61. The van der Waals surface area contributed by atoms with Gasteiger partial charge >= 0.3 is 0 Å². The third kappa shape index (κ3) is 2.11. The van der Waals surface area contributed by atoms with E-state index in [2.05, 4.69) is 4.98 Å². The Bertz CT molecular complexity index is 533. The lowest BCUT2D eigenvalue weighted by molar-refractivity contribution is 0.267. The zero-order valence-corrected chi connectivity index (χ0v) is 9.60. The maximum absolute atomic E-state index is 5.64. The molecule has 88 valence electrons. The van der Waals surface area contributed by atoms with Gasteiger partial charge in [-0.15, -0.1) is 0 Å². The first kappa shape index (κ1) is 10.2. The van der Waals surface area contributed by atoms with Crippen LogP contribution in [0.3, 0.4) is 0 Å². The van der Waals surface area contributed by atoms with E-state index in [4.69, 9.17) is 13.9 Å². The van der Waals surface area contributed by atoms with Gasteiger partial charge in [0.05, 0.1) is 12.8 Å². The summed E-state index contributed by atoms with van der Waals surface area (Å²) in [5.41, 5.74) is 1.20. The highest BCUT2D eigenvalue weighted by Crippen LogP contribution is 2.29. The molecule has 1 aliphatic heterocycles. The quantitative estimate of drug-likeness (QED) is 0.814. The largest absolute Gasteiger partial charge is 0.493 e. The number of benzene rings is 1. The maximum Gasteiger partial charge on any atom is 0.191 e. The van der Waals surface area contributed by atoms with Gasteiger partial charge in [0.1, 0.15) is 18.1 Å². The molecule has 0 fully saturated rings. The van der Waals surface area contributed by atoms with E-state index in [0.29, 0.717) is 12.5 Å². The molecule has 1 aromatic heterocycles. The van der Waals surface area contributed by atoms with E-state index >= 15 is 0 Å². The molecule has 2 heterocycles. The fourth-order valence-corrected chi connectivity index (χ4v) is 1.88. The first-order chi connectivity index (χ1) is 8.31. The highest BCUT2D eigenvalue weighted by molar-refractivity contribution is 5.42. The lowest BCUT2D eigenvalue weighted by atomic mass is 10.2. The van der Waals surface area contributed by atoms with Crippen molar-refractivity contribution in [2.24, 2.45) is 0 Å². The van der Waals surface area contributed by atoms with Gasteiger partial charge in [0.2, 0.25) is 0 Å². The summed E-state index contributed by atoms with van der Waals surface area (Å²) in [5, 5.41) is 0. The molecule has 17 heavy (non-hydrogen) atoms. The average Bonchev–Trinajstić information content (AvgIpc) is 2.94. The molecule has 0 N–H and O–H groups in total. The maximum atomic E-state index is 5.64. The molecule has 0 aliphatic carbocycles. The van der Waals surface area contributed by atoms with Crippen molar-refractivity contribution in [3.8, 4) is 11.5 Å². The molecular formula is C13H13NO3. The van der Waals surface area contributed by atoms with E-state index in [-0.39, 0.29) is 0 Å². The predicted octanol–water partition coefficient (Wildman–Crippen LogP) is 2.50. The van der Waals surface area contributed by atoms with Gasteiger partial charge in [-0.25, -0.2) is 4.98 Å². The summed E-state index contributed by atoms with van der Waals surface area (Å²) >= 11 is 0. The summed E-state index contributed by atoms with van der Waals surface area (Å²) in [6.07, 6.45) is 2.64. The zero-order chi connectivity index (χ0) is 11.7. The van der Waals surface area contributed by atoms with Gasteiger partial charge in [-0.2, -0.15) is 0 Å². The molecular weight excluding hydrogens is 218 g/mol. The van der Waals surface area contributed by atoms with Gasteiger partial charge in [-0.1, -0.05) is 0 Å². The third-order valence-corrected chi connectivity index (χ3v) is 2.71. The highest BCUT2D eigenvalue weighted by Gasteiger charge is 2.12. The van der Waals surface area contributed by atoms with Gasteiger partial charge in [-0.3, -0.25) is 0 Å². The number of hydrogen-bond acceptors (Lipinski definition) is 4. The van der Waals surface area contributed by atoms with Crippen LogP contribution in [0.2, 0.25) is 0 Å². The summed E-state index contributed by atoms with van der Waals surface area (Å²) in [4.78, 5) is 4.02. The van der Waals surface area contributed by atoms with Crippen LogP contribution in [0.15, 0.2) is 28.8 Å². The summed E-state index contributed by atoms with van der Waals surface area (Å²) in [6.45, 7) is 2.98. The van der Waals surface area contributed by atoms with Crippen molar-refractivity contribution in [1.82, 2.24) is 4.98 Å². The standard InChI is InChI=1S/C13H13NO3/c1-9-14-7-12(17-9)8-16-11-2-3-13-10(6-11)4-5-15-13/h2-3,6-7H,4-5,8H2,1H3. The van der Waals surface area contributed by atoms with Crippen LogP contribution in [0.25, 0.3) is 0 Å². The Balaban J connectivity index is 1.69. The molecule has 0 saturated heterocycles. The molecule has 4 nitrogen and oxygen atoms in total. The van der Waals surface area contributed by atoms with Crippen LogP contribution >= 0.6 is 0 Å². The van der Waals surface area contributed by atoms with Crippen molar-refractivity contribution >= 4 is 0 Å². The summed E-state index contributed by atoms with van der Waals surface area (Å²) < 4.78 is 16.4. The zero-order valence-electron chi connectivity index (χ0n) is 9.60. The molecule has 2 aromatic rings. The van der Waals surface area contributed by atoms with E-state index in [1.165, 1.54) is 5.56 Å². The second-order valence-corrected chi connectivity index (χ2v) is 4.00. The van der Waals surface area contributed by atoms with Crippen LogP contribution in [-0.2, 0) is 13.0 Å².